The largest absolute Gasteiger partial charge is 0.465 e. The molecule has 154 valence electrons. The molecule has 8 nitrogen and oxygen atoms in total. The molecule has 3 aromatic rings. The summed E-state index contributed by atoms with van der Waals surface area (Å²) in [6, 6.07) is 10.9. The Morgan fingerprint density at radius 2 is 1.77 bits per heavy atom. The monoisotopic (exact) mass is 423 g/mol. The van der Waals surface area contributed by atoms with Crippen molar-refractivity contribution >= 4 is 29.4 Å². The molecule has 0 unspecified atom stereocenters. The molecule has 1 fully saturated rings. The van der Waals surface area contributed by atoms with Crippen LogP contribution in [-0.2, 0) is 4.74 Å². The second-order valence-electron chi connectivity index (χ2n) is 6.60. The van der Waals surface area contributed by atoms with E-state index in [0.29, 0.717) is 24.7 Å². The molecule has 0 atom stereocenters. The number of pyridine rings is 1. The first-order chi connectivity index (χ1) is 14.7. The summed E-state index contributed by atoms with van der Waals surface area (Å²) in [5.74, 6) is 1.47. The minimum Gasteiger partial charge on any atom is -0.465 e. The van der Waals surface area contributed by atoms with Crippen LogP contribution in [0.3, 0.4) is 0 Å². The molecule has 9 heteroatoms. The van der Waals surface area contributed by atoms with Gasteiger partial charge < -0.3 is 14.7 Å². The highest BCUT2D eigenvalue weighted by atomic mass is 32.2. The van der Waals surface area contributed by atoms with Crippen molar-refractivity contribution in [2.24, 2.45) is 0 Å². The van der Waals surface area contributed by atoms with E-state index in [-0.39, 0.29) is 0 Å². The number of carbonyl (C=O) groups is 1. The molecule has 1 aromatic carbocycles. The molecule has 0 aliphatic carbocycles. The smallest absolute Gasteiger partial charge is 0.409 e. The summed E-state index contributed by atoms with van der Waals surface area (Å²) in [4.78, 5) is 28.0. The first-order valence-electron chi connectivity index (χ1n) is 9.45. The summed E-state index contributed by atoms with van der Waals surface area (Å²) in [5, 5.41) is 11.2. The second-order valence-corrected chi connectivity index (χ2v) is 7.41. The highest BCUT2D eigenvalue weighted by Crippen LogP contribution is 2.37. The number of hydrogen-bond donors (Lipinski definition) is 2. The number of anilines is 2. The van der Waals surface area contributed by atoms with Crippen molar-refractivity contribution in [1.29, 1.82) is 0 Å². The third-order valence-electron chi connectivity index (χ3n) is 4.71. The van der Waals surface area contributed by atoms with Gasteiger partial charge in [-0.2, -0.15) is 0 Å². The van der Waals surface area contributed by atoms with E-state index in [1.807, 2.05) is 30.5 Å². The van der Waals surface area contributed by atoms with Crippen LogP contribution in [-0.4, -0.2) is 58.7 Å². The zero-order chi connectivity index (χ0) is 20.9. The van der Waals surface area contributed by atoms with Gasteiger partial charge in [-0.15, -0.1) is 11.8 Å². The first kappa shape index (κ1) is 20.1. The Bertz CT molecular complexity index is 1020. The Labute approximate surface area is 178 Å². The standard InChI is InChI=1S/C21H21N5O3S/c1-30-18-17(14-6-8-22-9-7-14)24-19(25-20(18)26-10-12-29-13-11-26)15-2-4-16(5-3-15)23-21(27)28/h2-9,23H,10-13H2,1H3,(H,27,28). The van der Waals surface area contributed by atoms with Gasteiger partial charge in [-0.3, -0.25) is 10.3 Å². The van der Waals surface area contributed by atoms with Gasteiger partial charge >= 0.3 is 6.09 Å². The molecule has 2 aromatic heterocycles. The second kappa shape index (κ2) is 9.10. The van der Waals surface area contributed by atoms with Gasteiger partial charge in [0.25, 0.3) is 0 Å². The summed E-state index contributed by atoms with van der Waals surface area (Å²) in [6.07, 6.45) is 4.43. The van der Waals surface area contributed by atoms with Crippen LogP contribution >= 0.6 is 11.8 Å². The lowest BCUT2D eigenvalue weighted by molar-refractivity contribution is 0.122. The molecule has 0 saturated carbocycles. The fourth-order valence-corrected chi connectivity index (χ4v) is 3.99. The van der Waals surface area contributed by atoms with Crippen molar-refractivity contribution in [1.82, 2.24) is 15.0 Å². The molecular formula is C21H21N5O3S. The van der Waals surface area contributed by atoms with E-state index in [1.54, 1.807) is 36.3 Å². The normalized spacial score (nSPS) is 13.8. The number of morpholine rings is 1. The van der Waals surface area contributed by atoms with Crippen LogP contribution in [0.4, 0.5) is 16.3 Å². The molecule has 1 aliphatic heterocycles. The van der Waals surface area contributed by atoms with Crippen molar-refractivity contribution in [3.63, 3.8) is 0 Å². The van der Waals surface area contributed by atoms with E-state index in [1.165, 1.54) is 0 Å². The van der Waals surface area contributed by atoms with Crippen LogP contribution in [0, 0.1) is 0 Å². The van der Waals surface area contributed by atoms with Crippen LogP contribution in [0.1, 0.15) is 0 Å². The molecule has 4 rings (SSSR count). The van der Waals surface area contributed by atoms with Gasteiger partial charge in [-0.25, -0.2) is 14.8 Å². The molecule has 1 amide bonds. The molecule has 2 N–H and O–H groups in total. The lowest BCUT2D eigenvalue weighted by atomic mass is 10.1. The van der Waals surface area contributed by atoms with Gasteiger partial charge in [0, 0.05) is 42.3 Å². The van der Waals surface area contributed by atoms with E-state index >= 15 is 0 Å². The molecule has 0 spiro atoms. The third kappa shape index (κ3) is 4.37. The molecule has 0 radical (unpaired) electrons. The Balaban J connectivity index is 1.83. The highest BCUT2D eigenvalue weighted by Gasteiger charge is 2.22. The molecule has 0 bridgehead atoms. The molecule has 3 heterocycles. The minimum absolute atomic E-state index is 0.495. The van der Waals surface area contributed by atoms with Crippen molar-refractivity contribution in [2.75, 3.05) is 42.8 Å². The quantitative estimate of drug-likeness (QED) is 0.597. The highest BCUT2D eigenvalue weighted by molar-refractivity contribution is 7.98. The van der Waals surface area contributed by atoms with Crippen molar-refractivity contribution in [2.45, 2.75) is 4.90 Å². The van der Waals surface area contributed by atoms with Crippen LogP contribution in [0.5, 0.6) is 0 Å². The number of ether oxygens (including phenoxy) is 1. The van der Waals surface area contributed by atoms with Gasteiger partial charge in [0.05, 0.1) is 23.8 Å². The predicted molar refractivity (Wildman–Crippen MR) is 117 cm³/mol. The van der Waals surface area contributed by atoms with Gasteiger partial charge in [0.15, 0.2) is 5.82 Å². The molecule has 30 heavy (non-hydrogen) atoms. The van der Waals surface area contributed by atoms with Gasteiger partial charge in [0.1, 0.15) is 5.82 Å². The van der Waals surface area contributed by atoms with Crippen LogP contribution < -0.4 is 10.2 Å². The maximum atomic E-state index is 10.9. The van der Waals surface area contributed by atoms with Crippen molar-refractivity contribution < 1.29 is 14.6 Å². The number of amides is 1. The van der Waals surface area contributed by atoms with E-state index in [4.69, 9.17) is 19.8 Å². The zero-order valence-corrected chi connectivity index (χ0v) is 17.2. The van der Waals surface area contributed by atoms with E-state index in [9.17, 15) is 4.79 Å². The van der Waals surface area contributed by atoms with E-state index in [0.717, 1.165) is 40.6 Å². The summed E-state index contributed by atoms with van der Waals surface area (Å²) >= 11 is 1.62. The lowest BCUT2D eigenvalue weighted by Gasteiger charge is -2.30. The van der Waals surface area contributed by atoms with Crippen molar-refractivity contribution in [3.05, 3.63) is 48.8 Å². The third-order valence-corrected chi connectivity index (χ3v) is 5.49. The number of aromatic nitrogens is 3. The Kier molecular flexibility index (Phi) is 6.10. The SMILES string of the molecule is CSc1c(-c2ccncc2)nc(-c2ccc(NC(=O)O)cc2)nc1N1CCOCC1. The van der Waals surface area contributed by atoms with Gasteiger partial charge in [-0.05, 0) is 42.7 Å². The van der Waals surface area contributed by atoms with Crippen molar-refractivity contribution in [3.8, 4) is 22.6 Å². The molecule has 1 aliphatic rings. The maximum absolute atomic E-state index is 10.9. The average Bonchev–Trinajstić information content (AvgIpc) is 2.79. The fraction of sp³-hybridized carbons (Fsp3) is 0.238. The number of rotatable bonds is 5. The van der Waals surface area contributed by atoms with Crippen LogP contribution in [0.2, 0.25) is 0 Å². The summed E-state index contributed by atoms with van der Waals surface area (Å²) in [7, 11) is 0. The zero-order valence-electron chi connectivity index (χ0n) is 16.4. The summed E-state index contributed by atoms with van der Waals surface area (Å²) in [5.41, 5.74) is 3.12. The number of nitrogens with one attached hydrogen (secondary N) is 1. The van der Waals surface area contributed by atoms with E-state index in [2.05, 4.69) is 15.2 Å². The molecular weight excluding hydrogens is 402 g/mol. The van der Waals surface area contributed by atoms with Gasteiger partial charge in [-0.1, -0.05) is 0 Å². The minimum atomic E-state index is -1.10. The number of thioether (sulfide) groups is 1. The number of nitrogens with zero attached hydrogens (tertiary/aromatic N) is 4. The summed E-state index contributed by atoms with van der Waals surface area (Å²) in [6.45, 7) is 2.85. The van der Waals surface area contributed by atoms with Crippen LogP contribution in [0.25, 0.3) is 22.6 Å². The van der Waals surface area contributed by atoms with E-state index < -0.39 is 6.09 Å². The topological polar surface area (TPSA) is 100 Å². The fourth-order valence-electron chi connectivity index (χ4n) is 3.28. The number of benzene rings is 1. The Hall–Kier alpha value is -3.17. The first-order valence-corrected chi connectivity index (χ1v) is 10.7. The maximum Gasteiger partial charge on any atom is 0.409 e. The predicted octanol–water partition coefficient (Wildman–Crippen LogP) is 3.85. The number of hydrogen-bond acceptors (Lipinski definition) is 7. The Morgan fingerprint density at radius 1 is 1.07 bits per heavy atom. The van der Waals surface area contributed by atoms with Crippen LogP contribution in [0.15, 0.2) is 53.7 Å². The lowest BCUT2D eigenvalue weighted by Crippen LogP contribution is -2.37. The number of carboxylic acid groups (broad SMARTS) is 1. The molecule has 1 saturated heterocycles. The summed E-state index contributed by atoms with van der Waals surface area (Å²) < 4.78 is 5.51. The average molecular weight is 423 g/mol. The Morgan fingerprint density at radius 3 is 2.40 bits per heavy atom. The van der Waals surface area contributed by atoms with Gasteiger partial charge in [0.2, 0.25) is 0 Å².